The van der Waals surface area contributed by atoms with Crippen LogP contribution in [0.2, 0.25) is 0 Å². The summed E-state index contributed by atoms with van der Waals surface area (Å²) in [5.74, 6) is -2.32. The highest BCUT2D eigenvalue weighted by Gasteiger charge is 2.36. The first kappa shape index (κ1) is 16.9. The lowest BCUT2D eigenvalue weighted by molar-refractivity contribution is -0.143. The molecule has 1 aliphatic heterocycles. The van der Waals surface area contributed by atoms with Crippen LogP contribution in [0.4, 0.5) is 0 Å². The van der Waals surface area contributed by atoms with Gasteiger partial charge in [0.25, 0.3) is 0 Å². The SMILES string of the molecule is CC(C)[C@@H](NC(=O)[C@@H]1CC(=O)N(Cc2ccccn2)C1)C(=O)O. The Kier molecular flexibility index (Phi) is 5.31. The van der Waals surface area contributed by atoms with Crippen molar-refractivity contribution >= 4 is 17.8 Å². The molecule has 0 spiro atoms. The fourth-order valence-corrected chi connectivity index (χ4v) is 2.57. The van der Waals surface area contributed by atoms with Crippen molar-refractivity contribution in [3.63, 3.8) is 0 Å². The topological polar surface area (TPSA) is 99.6 Å². The second-order valence-corrected chi connectivity index (χ2v) is 6.06. The molecule has 0 bridgehead atoms. The van der Waals surface area contributed by atoms with Crippen LogP contribution in [0.5, 0.6) is 0 Å². The number of nitrogens with zero attached hydrogens (tertiary/aromatic N) is 2. The van der Waals surface area contributed by atoms with E-state index in [2.05, 4.69) is 10.3 Å². The van der Waals surface area contributed by atoms with Gasteiger partial charge in [-0.15, -0.1) is 0 Å². The van der Waals surface area contributed by atoms with E-state index in [0.717, 1.165) is 5.69 Å². The average molecular weight is 319 g/mol. The van der Waals surface area contributed by atoms with Crippen molar-refractivity contribution in [3.05, 3.63) is 30.1 Å². The Bertz CT molecular complexity index is 588. The highest BCUT2D eigenvalue weighted by Crippen LogP contribution is 2.20. The van der Waals surface area contributed by atoms with E-state index in [9.17, 15) is 14.4 Å². The number of rotatable bonds is 6. The molecule has 0 saturated carbocycles. The minimum absolute atomic E-state index is 0.100. The number of carboxylic acid groups (broad SMARTS) is 1. The van der Waals surface area contributed by atoms with Gasteiger partial charge in [0, 0.05) is 19.2 Å². The summed E-state index contributed by atoms with van der Waals surface area (Å²) in [7, 11) is 0. The van der Waals surface area contributed by atoms with Gasteiger partial charge in [-0.25, -0.2) is 4.79 Å². The summed E-state index contributed by atoms with van der Waals surface area (Å²) in [4.78, 5) is 41.2. The summed E-state index contributed by atoms with van der Waals surface area (Å²) in [5, 5.41) is 11.7. The number of hydrogen-bond acceptors (Lipinski definition) is 4. The lowest BCUT2D eigenvalue weighted by Gasteiger charge is -2.20. The van der Waals surface area contributed by atoms with Gasteiger partial charge in [0.1, 0.15) is 6.04 Å². The van der Waals surface area contributed by atoms with Crippen LogP contribution in [0.15, 0.2) is 24.4 Å². The third-order valence-electron chi connectivity index (χ3n) is 3.89. The molecule has 1 aliphatic rings. The summed E-state index contributed by atoms with van der Waals surface area (Å²) in [6, 6.07) is 4.51. The number of aliphatic carboxylic acids is 1. The van der Waals surface area contributed by atoms with Gasteiger partial charge in [0.15, 0.2) is 0 Å². The van der Waals surface area contributed by atoms with E-state index in [1.165, 1.54) is 0 Å². The van der Waals surface area contributed by atoms with Crippen molar-refractivity contribution in [3.8, 4) is 0 Å². The Morgan fingerprint density at radius 1 is 1.43 bits per heavy atom. The molecular weight excluding hydrogens is 298 g/mol. The second kappa shape index (κ2) is 7.21. The van der Waals surface area contributed by atoms with Crippen LogP contribution in [-0.4, -0.2) is 45.4 Å². The van der Waals surface area contributed by atoms with E-state index in [1.807, 2.05) is 12.1 Å². The molecule has 1 aromatic rings. The largest absolute Gasteiger partial charge is 0.480 e. The van der Waals surface area contributed by atoms with Gasteiger partial charge in [-0.3, -0.25) is 14.6 Å². The van der Waals surface area contributed by atoms with Crippen molar-refractivity contribution in [1.29, 1.82) is 0 Å². The number of hydrogen-bond donors (Lipinski definition) is 2. The smallest absolute Gasteiger partial charge is 0.326 e. The van der Waals surface area contributed by atoms with Crippen LogP contribution < -0.4 is 5.32 Å². The average Bonchev–Trinajstić information content (AvgIpc) is 2.86. The minimum atomic E-state index is -1.07. The zero-order chi connectivity index (χ0) is 17.0. The number of likely N-dealkylation sites (tertiary alicyclic amines) is 1. The van der Waals surface area contributed by atoms with E-state index >= 15 is 0 Å². The van der Waals surface area contributed by atoms with E-state index in [0.29, 0.717) is 6.54 Å². The first-order chi connectivity index (χ1) is 10.9. The van der Waals surface area contributed by atoms with Crippen molar-refractivity contribution < 1.29 is 19.5 Å². The van der Waals surface area contributed by atoms with Crippen LogP contribution in [0.3, 0.4) is 0 Å². The van der Waals surface area contributed by atoms with E-state index in [-0.39, 0.29) is 30.7 Å². The second-order valence-electron chi connectivity index (χ2n) is 6.06. The Morgan fingerprint density at radius 3 is 2.74 bits per heavy atom. The summed E-state index contributed by atoms with van der Waals surface area (Å²) in [5.41, 5.74) is 0.757. The van der Waals surface area contributed by atoms with Crippen molar-refractivity contribution in [1.82, 2.24) is 15.2 Å². The van der Waals surface area contributed by atoms with Crippen molar-refractivity contribution in [2.75, 3.05) is 6.54 Å². The third-order valence-corrected chi connectivity index (χ3v) is 3.89. The van der Waals surface area contributed by atoms with Crippen LogP contribution in [0, 0.1) is 11.8 Å². The number of nitrogens with one attached hydrogen (secondary N) is 1. The molecule has 2 N–H and O–H groups in total. The summed E-state index contributed by atoms with van der Waals surface area (Å²) >= 11 is 0. The first-order valence-electron chi connectivity index (χ1n) is 7.59. The molecule has 1 fully saturated rings. The maximum absolute atomic E-state index is 12.2. The Labute approximate surface area is 134 Å². The highest BCUT2D eigenvalue weighted by atomic mass is 16.4. The normalized spacial score (nSPS) is 19.0. The van der Waals surface area contributed by atoms with Gasteiger partial charge in [0.2, 0.25) is 11.8 Å². The molecule has 0 aliphatic carbocycles. The van der Waals surface area contributed by atoms with Crippen LogP contribution in [0.25, 0.3) is 0 Å². The maximum Gasteiger partial charge on any atom is 0.326 e. The Morgan fingerprint density at radius 2 is 2.17 bits per heavy atom. The molecule has 2 rings (SSSR count). The predicted molar refractivity (Wildman–Crippen MR) is 82.2 cm³/mol. The minimum Gasteiger partial charge on any atom is -0.480 e. The fraction of sp³-hybridized carbons (Fsp3) is 0.500. The molecule has 0 radical (unpaired) electrons. The molecule has 0 aromatic carbocycles. The molecule has 7 nitrogen and oxygen atoms in total. The number of carboxylic acids is 1. The lowest BCUT2D eigenvalue weighted by atomic mass is 10.0. The number of carbonyl (C=O) groups excluding carboxylic acids is 2. The highest BCUT2D eigenvalue weighted by molar-refractivity contribution is 5.91. The molecule has 0 unspecified atom stereocenters. The summed E-state index contributed by atoms with van der Waals surface area (Å²) in [6.45, 7) is 4.10. The molecular formula is C16H21N3O4. The lowest BCUT2D eigenvalue weighted by Crippen LogP contribution is -2.47. The molecule has 1 aromatic heterocycles. The summed E-state index contributed by atoms with van der Waals surface area (Å²) < 4.78 is 0. The van der Waals surface area contributed by atoms with E-state index in [1.54, 1.807) is 31.0 Å². The van der Waals surface area contributed by atoms with Crippen LogP contribution in [0.1, 0.15) is 26.0 Å². The fourth-order valence-electron chi connectivity index (χ4n) is 2.57. The summed E-state index contributed by atoms with van der Waals surface area (Å²) in [6.07, 6.45) is 1.75. The quantitative estimate of drug-likeness (QED) is 0.802. The molecule has 2 heterocycles. The third kappa shape index (κ3) is 4.28. The molecule has 2 atom stereocenters. The van der Waals surface area contributed by atoms with Gasteiger partial charge in [-0.1, -0.05) is 19.9 Å². The monoisotopic (exact) mass is 319 g/mol. The predicted octanol–water partition coefficient (Wildman–Crippen LogP) is 0.655. The number of amides is 2. The Hall–Kier alpha value is -2.44. The Balaban J connectivity index is 1.96. The molecule has 2 amide bonds. The van der Waals surface area contributed by atoms with Gasteiger partial charge < -0.3 is 15.3 Å². The van der Waals surface area contributed by atoms with Gasteiger partial charge in [-0.2, -0.15) is 0 Å². The number of aromatic nitrogens is 1. The van der Waals surface area contributed by atoms with E-state index in [4.69, 9.17) is 5.11 Å². The van der Waals surface area contributed by atoms with Gasteiger partial charge in [0.05, 0.1) is 18.2 Å². The first-order valence-corrected chi connectivity index (χ1v) is 7.59. The van der Waals surface area contributed by atoms with Crippen molar-refractivity contribution in [2.45, 2.75) is 32.9 Å². The molecule has 23 heavy (non-hydrogen) atoms. The van der Waals surface area contributed by atoms with Crippen LogP contribution in [-0.2, 0) is 20.9 Å². The number of carbonyl (C=O) groups is 3. The zero-order valence-corrected chi connectivity index (χ0v) is 13.2. The van der Waals surface area contributed by atoms with Gasteiger partial charge >= 0.3 is 5.97 Å². The standard InChI is InChI=1S/C16H21N3O4/c1-10(2)14(16(22)23)18-15(21)11-7-13(20)19(8-11)9-12-5-3-4-6-17-12/h3-6,10-11,14H,7-9H2,1-2H3,(H,18,21)(H,22,23)/t11-,14-/m1/s1. The molecule has 7 heteroatoms. The molecule has 124 valence electrons. The molecule has 1 saturated heterocycles. The van der Waals surface area contributed by atoms with Gasteiger partial charge in [-0.05, 0) is 18.1 Å². The zero-order valence-electron chi connectivity index (χ0n) is 13.2. The van der Waals surface area contributed by atoms with Crippen molar-refractivity contribution in [2.24, 2.45) is 11.8 Å². The number of pyridine rings is 1. The van der Waals surface area contributed by atoms with E-state index < -0.39 is 17.9 Å². The van der Waals surface area contributed by atoms with Crippen LogP contribution >= 0.6 is 0 Å². The maximum atomic E-state index is 12.2.